The summed E-state index contributed by atoms with van der Waals surface area (Å²) in [6.07, 6.45) is 4.75. The van der Waals surface area contributed by atoms with Crippen molar-refractivity contribution in [2.45, 2.75) is 53.0 Å². The lowest BCUT2D eigenvalue weighted by molar-refractivity contribution is 0.516. The summed E-state index contributed by atoms with van der Waals surface area (Å²) in [5.74, 6) is 1.74. The zero-order valence-corrected chi connectivity index (χ0v) is 13.3. The van der Waals surface area contributed by atoms with Crippen LogP contribution >= 0.6 is 0 Å². The van der Waals surface area contributed by atoms with Crippen molar-refractivity contribution in [3.05, 3.63) is 35.1 Å². The quantitative estimate of drug-likeness (QED) is 0.791. The molecule has 0 aliphatic carbocycles. The third-order valence-corrected chi connectivity index (χ3v) is 3.71. The molecule has 0 spiro atoms. The van der Waals surface area contributed by atoms with Crippen molar-refractivity contribution in [1.29, 1.82) is 0 Å². The molecule has 0 aliphatic heterocycles. The van der Waals surface area contributed by atoms with Gasteiger partial charge in [-0.25, -0.2) is 0 Å². The van der Waals surface area contributed by atoms with E-state index < -0.39 is 0 Å². The second-order valence-electron chi connectivity index (χ2n) is 6.07. The standard InChI is InChI=1S/C18H27NO/c1-5-6-7-14-8-9-17-16(11-14)15(10-13(2)3)18(20-17)12-19-4/h8-9,11,13,19H,5-7,10,12H2,1-4H3. The average Bonchev–Trinajstić information content (AvgIpc) is 2.74. The molecule has 0 saturated heterocycles. The zero-order valence-electron chi connectivity index (χ0n) is 13.3. The highest BCUT2D eigenvalue weighted by molar-refractivity contribution is 5.83. The predicted octanol–water partition coefficient (Wildman–Crippen LogP) is 4.69. The molecule has 0 saturated carbocycles. The first-order valence-corrected chi connectivity index (χ1v) is 7.83. The number of benzene rings is 1. The molecule has 2 rings (SSSR count). The van der Waals surface area contributed by atoms with Gasteiger partial charge in [0.2, 0.25) is 0 Å². The molecule has 0 unspecified atom stereocenters. The van der Waals surface area contributed by atoms with Crippen LogP contribution < -0.4 is 5.32 Å². The molecule has 0 amide bonds. The monoisotopic (exact) mass is 273 g/mol. The van der Waals surface area contributed by atoms with Crippen molar-refractivity contribution in [2.24, 2.45) is 5.92 Å². The molecule has 0 bridgehead atoms. The Kier molecular flexibility index (Phi) is 5.24. The van der Waals surface area contributed by atoms with E-state index in [1.165, 1.54) is 35.8 Å². The fourth-order valence-electron chi connectivity index (χ4n) is 2.72. The van der Waals surface area contributed by atoms with Crippen molar-refractivity contribution in [1.82, 2.24) is 5.32 Å². The van der Waals surface area contributed by atoms with Crippen LogP contribution in [0.5, 0.6) is 0 Å². The summed E-state index contributed by atoms with van der Waals surface area (Å²) < 4.78 is 6.04. The molecular formula is C18H27NO. The third-order valence-electron chi connectivity index (χ3n) is 3.71. The molecule has 110 valence electrons. The molecule has 0 fully saturated rings. The molecule has 2 aromatic rings. The summed E-state index contributed by atoms with van der Waals surface area (Å²) in [6, 6.07) is 6.69. The molecule has 0 atom stereocenters. The number of furan rings is 1. The molecular weight excluding hydrogens is 246 g/mol. The maximum Gasteiger partial charge on any atom is 0.134 e. The lowest BCUT2D eigenvalue weighted by Gasteiger charge is -2.06. The SMILES string of the molecule is CCCCc1ccc2oc(CNC)c(CC(C)C)c2c1. The molecule has 0 aliphatic rings. The van der Waals surface area contributed by atoms with Gasteiger partial charge in [-0.1, -0.05) is 33.3 Å². The van der Waals surface area contributed by atoms with Gasteiger partial charge in [0.15, 0.2) is 0 Å². The highest BCUT2D eigenvalue weighted by Gasteiger charge is 2.15. The van der Waals surface area contributed by atoms with Crippen LogP contribution in [0.2, 0.25) is 0 Å². The van der Waals surface area contributed by atoms with E-state index in [1.54, 1.807) is 0 Å². The number of fused-ring (bicyclic) bond motifs is 1. The zero-order chi connectivity index (χ0) is 14.5. The third kappa shape index (κ3) is 3.43. The molecule has 2 nitrogen and oxygen atoms in total. The van der Waals surface area contributed by atoms with Gasteiger partial charge in [-0.2, -0.15) is 0 Å². The van der Waals surface area contributed by atoms with Gasteiger partial charge >= 0.3 is 0 Å². The van der Waals surface area contributed by atoms with Crippen LogP contribution in [0.4, 0.5) is 0 Å². The molecule has 1 N–H and O–H groups in total. The summed E-state index contributed by atoms with van der Waals surface area (Å²) in [5.41, 5.74) is 3.86. The van der Waals surface area contributed by atoms with Crippen LogP contribution in [-0.4, -0.2) is 7.05 Å². The summed E-state index contributed by atoms with van der Waals surface area (Å²) in [7, 11) is 1.97. The number of hydrogen-bond acceptors (Lipinski definition) is 2. The molecule has 20 heavy (non-hydrogen) atoms. The van der Waals surface area contributed by atoms with Gasteiger partial charge in [0.05, 0.1) is 6.54 Å². The maximum atomic E-state index is 6.04. The van der Waals surface area contributed by atoms with Crippen LogP contribution in [0, 0.1) is 5.92 Å². The van der Waals surface area contributed by atoms with Crippen molar-refractivity contribution in [2.75, 3.05) is 7.05 Å². The van der Waals surface area contributed by atoms with Gasteiger partial charge in [0, 0.05) is 10.9 Å². The van der Waals surface area contributed by atoms with E-state index in [0.29, 0.717) is 5.92 Å². The van der Waals surface area contributed by atoms with Crippen molar-refractivity contribution >= 4 is 11.0 Å². The van der Waals surface area contributed by atoms with Gasteiger partial charge in [-0.15, -0.1) is 0 Å². The van der Waals surface area contributed by atoms with Gasteiger partial charge in [0.25, 0.3) is 0 Å². The Balaban J connectivity index is 2.41. The topological polar surface area (TPSA) is 25.2 Å². The van der Waals surface area contributed by atoms with Gasteiger partial charge in [-0.3, -0.25) is 0 Å². The molecule has 1 heterocycles. The highest BCUT2D eigenvalue weighted by atomic mass is 16.3. The fraction of sp³-hybridized carbons (Fsp3) is 0.556. The van der Waals surface area contributed by atoms with E-state index in [9.17, 15) is 0 Å². The van der Waals surface area contributed by atoms with Gasteiger partial charge in [0.1, 0.15) is 11.3 Å². The Bertz CT molecular complexity index is 554. The van der Waals surface area contributed by atoms with Crippen LogP contribution in [0.25, 0.3) is 11.0 Å². The largest absolute Gasteiger partial charge is 0.459 e. The van der Waals surface area contributed by atoms with E-state index in [1.807, 2.05) is 7.05 Å². The number of aryl methyl sites for hydroxylation is 1. The number of rotatable bonds is 7. The number of unbranched alkanes of at least 4 members (excludes halogenated alkanes) is 1. The molecule has 2 heteroatoms. The van der Waals surface area contributed by atoms with E-state index in [-0.39, 0.29) is 0 Å². The predicted molar refractivity (Wildman–Crippen MR) is 86.1 cm³/mol. The Morgan fingerprint density at radius 1 is 1.25 bits per heavy atom. The molecule has 1 aromatic heterocycles. The first kappa shape index (κ1) is 15.1. The lowest BCUT2D eigenvalue weighted by atomic mass is 9.98. The number of hydrogen-bond donors (Lipinski definition) is 1. The molecule has 0 radical (unpaired) electrons. The number of nitrogens with one attached hydrogen (secondary N) is 1. The highest BCUT2D eigenvalue weighted by Crippen LogP contribution is 2.29. The van der Waals surface area contributed by atoms with E-state index in [4.69, 9.17) is 4.42 Å². The van der Waals surface area contributed by atoms with Crippen molar-refractivity contribution in [3.8, 4) is 0 Å². The maximum absolute atomic E-state index is 6.04. The fourth-order valence-corrected chi connectivity index (χ4v) is 2.72. The van der Waals surface area contributed by atoms with Crippen molar-refractivity contribution in [3.63, 3.8) is 0 Å². The van der Waals surface area contributed by atoms with E-state index in [2.05, 4.69) is 44.3 Å². The summed E-state index contributed by atoms with van der Waals surface area (Å²) in [4.78, 5) is 0. The first-order valence-electron chi connectivity index (χ1n) is 7.83. The Morgan fingerprint density at radius 3 is 2.70 bits per heavy atom. The smallest absolute Gasteiger partial charge is 0.134 e. The summed E-state index contributed by atoms with van der Waals surface area (Å²) >= 11 is 0. The van der Waals surface area contributed by atoms with E-state index in [0.717, 1.165) is 24.3 Å². The van der Waals surface area contributed by atoms with Crippen LogP contribution in [0.3, 0.4) is 0 Å². The lowest BCUT2D eigenvalue weighted by Crippen LogP contribution is -2.07. The minimum atomic E-state index is 0.644. The van der Waals surface area contributed by atoms with Crippen LogP contribution in [0.1, 0.15) is 50.5 Å². The van der Waals surface area contributed by atoms with Crippen LogP contribution in [-0.2, 0) is 19.4 Å². The van der Waals surface area contributed by atoms with Gasteiger partial charge < -0.3 is 9.73 Å². The van der Waals surface area contributed by atoms with E-state index >= 15 is 0 Å². The summed E-state index contributed by atoms with van der Waals surface area (Å²) in [5, 5.41) is 4.53. The first-order chi connectivity index (χ1) is 9.65. The second-order valence-corrected chi connectivity index (χ2v) is 6.07. The minimum absolute atomic E-state index is 0.644. The van der Waals surface area contributed by atoms with Crippen molar-refractivity contribution < 1.29 is 4.42 Å². The normalized spacial score (nSPS) is 11.7. The Labute approximate surface area is 122 Å². The molecule has 1 aromatic carbocycles. The van der Waals surface area contributed by atoms with Gasteiger partial charge in [-0.05, 0) is 49.9 Å². The second kappa shape index (κ2) is 6.94. The Morgan fingerprint density at radius 2 is 2.05 bits per heavy atom. The average molecular weight is 273 g/mol. The van der Waals surface area contributed by atoms with Crippen LogP contribution in [0.15, 0.2) is 22.6 Å². The Hall–Kier alpha value is -1.28. The minimum Gasteiger partial charge on any atom is -0.459 e. The summed E-state index contributed by atoms with van der Waals surface area (Å²) in [6.45, 7) is 7.58.